The third-order valence-electron chi connectivity index (χ3n) is 1.35. The van der Waals surface area contributed by atoms with Crippen molar-refractivity contribution >= 4 is 17.3 Å². The van der Waals surface area contributed by atoms with Gasteiger partial charge in [-0.25, -0.2) is 4.98 Å². The smallest absolute Gasteiger partial charge is 0.311 e. The van der Waals surface area contributed by atoms with E-state index in [1.807, 2.05) is 0 Å². The zero-order valence-electron chi connectivity index (χ0n) is 6.77. The maximum atomic E-state index is 10.2. The molecule has 0 radical (unpaired) electrons. The predicted octanol–water partition coefficient (Wildman–Crippen LogP) is -0.169. The number of hydrogen-bond donors (Lipinski definition) is 0. The molecular weight excluding hydrogens is 190 g/mol. The van der Waals surface area contributed by atoms with Gasteiger partial charge in [-0.2, -0.15) is 0 Å². The topological polar surface area (TPSA) is 81.2 Å². The number of aromatic nitrogens is 1. The van der Waals surface area contributed by atoms with Crippen LogP contribution < -0.4 is 5.11 Å². The van der Waals surface area contributed by atoms with E-state index in [0.29, 0.717) is 12.1 Å². The van der Waals surface area contributed by atoms with Crippen molar-refractivity contribution < 1.29 is 9.90 Å². The molecule has 0 N–H and O–H groups in total. The van der Waals surface area contributed by atoms with Gasteiger partial charge in [0.1, 0.15) is 9.98 Å². The fourth-order valence-corrected chi connectivity index (χ4v) is 1.63. The van der Waals surface area contributed by atoms with Gasteiger partial charge in [-0.3, -0.25) is 0 Å². The second-order valence-electron chi connectivity index (χ2n) is 2.40. The molecule has 1 rings (SSSR count). The van der Waals surface area contributed by atoms with Crippen molar-refractivity contribution in [2.45, 2.75) is 12.8 Å². The lowest BCUT2D eigenvalue weighted by Gasteiger charge is -1.95. The highest BCUT2D eigenvalue weighted by atomic mass is 32.1. The number of rotatable bonds is 4. The van der Waals surface area contributed by atoms with Crippen LogP contribution >= 0.6 is 11.3 Å². The maximum Gasteiger partial charge on any atom is 0.311 e. The average molecular weight is 197 g/mol. The van der Waals surface area contributed by atoms with E-state index >= 15 is 0 Å². The summed E-state index contributed by atoms with van der Waals surface area (Å²) in [6.45, 7) is 0.290. The fraction of sp³-hybridized carbons (Fsp3) is 0.429. The molecule has 0 unspecified atom stereocenters. The van der Waals surface area contributed by atoms with Crippen LogP contribution in [-0.4, -0.2) is 17.5 Å². The Labute approximate surface area is 78.7 Å². The normalized spacial score (nSPS) is 9.46. The standard InChI is InChI=1S/C7H7N3O2S/c8-9-2-1-6-10-5(4-13-6)3-7(11)12/h4H,1-3H2. The third kappa shape index (κ3) is 3.17. The molecule has 1 aromatic rings. The molecule has 0 aliphatic heterocycles. The van der Waals surface area contributed by atoms with Crippen molar-refractivity contribution in [1.29, 1.82) is 5.39 Å². The lowest BCUT2D eigenvalue weighted by molar-refractivity contribution is -0.304. The summed E-state index contributed by atoms with van der Waals surface area (Å²) in [5.41, 5.74) is 0.498. The number of aliphatic carboxylic acids is 1. The van der Waals surface area contributed by atoms with Gasteiger partial charge in [0.15, 0.2) is 0 Å². The van der Waals surface area contributed by atoms with E-state index in [-0.39, 0.29) is 13.0 Å². The molecule has 0 saturated heterocycles. The minimum Gasteiger partial charge on any atom is -0.550 e. The Hall–Kier alpha value is -1.48. The molecule has 0 saturated carbocycles. The van der Waals surface area contributed by atoms with Crippen LogP contribution in [0.5, 0.6) is 0 Å². The van der Waals surface area contributed by atoms with E-state index in [1.54, 1.807) is 5.38 Å². The van der Waals surface area contributed by atoms with Gasteiger partial charge >= 0.3 is 6.54 Å². The number of thiazole rings is 1. The van der Waals surface area contributed by atoms with E-state index in [2.05, 4.69) is 9.96 Å². The molecule has 0 atom stereocenters. The van der Waals surface area contributed by atoms with Crippen LogP contribution in [-0.2, 0) is 17.6 Å². The van der Waals surface area contributed by atoms with Gasteiger partial charge in [0.25, 0.3) is 0 Å². The zero-order chi connectivity index (χ0) is 9.68. The molecule has 1 aromatic heterocycles. The first kappa shape index (κ1) is 9.61. The Morgan fingerprint density at radius 3 is 3.15 bits per heavy atom. The number of nitrogens with zero attached hydrogens (tertiary/aromatic N) is 3. The molecule has 0 spiro atoms. The number of carbonyl (C=O) groups is 1. The van der Waals surface area contributed by atoms with Gasteiger partial charge in [-0.1, -0.05) is 0 Å². The highest BCUT2D eigenvalue weighted by Crippen LogP contribution is 2.10. The van der Waals surface area contributed by atoms with Crippen molar-refractivity contribution in [2.24, 2.45) is 0 Å². The van der Waals surface area contributed by atoms with Crippen LogP contribution in [0.4, 0.5) is 0 Å². The van der Waals surface area contributed by atoms with Crippen LogP contribution in [0.15, 0.2) is 5.38 Å². The van der Waals surface area contributed by atoms with Crippen LogP contribution in [0.3, 0.4) is 0 Å². The number of hydrogen-bond acceptors (Lipinski definition) is 5. The first-order chi connectivity index (χ1) is 6.22. The SMILES string of the molecule is N#[N+]CCc1nc(CC(=O)[O-])cs1. The summed E-state index contributed by atoms with van der Waals surface area (Å²) in [5, 5.41) is 20.8. The Bertz CT molecular complexity index is 342. The van der Waals surface area contributed by atoms with Gasteiger partial charge < -0.3 is 9.90 Å². The van der Waals surface area contributed by atoms with Crippen LogP contribution in [0.2, 0.25) is 0 Å². The molecule has 1 heterocycles. The maximum absolute atomic E-state index is 10.2. The third-order valence-corrected chi connectivity index (χ3v) is 2.31. The van der Waals surface area contributed by atoms with Crippen LogP contribution in [0, 0.1) is 5.39 Å². The molecule has 13 heavy (non-hydrogen) atoms. The van der Waals surface area contributed by atoms with E-state index in [0.717, 1.165) is 5.01 Å². The van der Waals surface area contributed by atoms with Gasteiger partial charge in [0, 0.05) is 17.8 Å². The van der Waals surface area contributed by atoms with Crippen LogP contribution in [0.25, 0.3) is 4.98 Å². The Kier molecular flexibility index (Phi) is 3.34. The molecule has 6 heteroatoms. The summed E-state index contributed by atoms with van der Waals surface area (Å²) < 4.78 is 0. The summed E-state index contributed by atoms with van der Waals surface area (Å²) in [5.74, 6) is -1.14. The molecule has 0 amide bonds. The number of carboxylic acids is 1. The van der Waals surface area contributed by atoms with Crippen LogP contribution in [0.1, 0.15) is 10.7 Å². The summed E-state index contributed by atoms with van der Waals surface area (Å²) in [6.07, 6.45) is 0.376. The minimum atomic E-state index is -1.14. The summed E-state index contributed by atoms with van der Waals surface area (Å²) in [7, 11) is 0. The number of diazo groups is 1. The fourth-order valence-electron chi connectivity index (χ4n) is 0.838. The van der Waals surface area contributed by atoms with Crippen molar-refractivity contribution in [1.82, 2.24) is 4.98 Å². The lowest BCUT2D eigenvalue weighted by Crippen LogP contribution is -2.24. The summed E-state index contributed by atoms with van der Waals surface area (Å²) in [6, 6.07) is 0. The zero-order valence-corrected chi connectivity index (χ0v) is 7.58. The predicted molar refractivity (Wildman–Crippen MR) is 44.5 cm³/mol. The average Bonchev–Trinajstić information content (AvgIpc) is 2.48. The molecule has 0 aromatic carbocycles. The highest BCUT2D eigenvalue weighted by Gasteiger charge is 2.05. The second kappa shape index (κ2) is 4.52. The molecule has 0 aliphatic carbocycles. The van der Waals surface area contributed by atoms with Crippen molar-refractivity contribution in [3.05, 3.63) is 21.1 Å². The van der Waals surface area contributed by atoms with Gasteiger partial charge in [-0.15, -0.1) is 11.3 Å². The van der Waals surface area contributed by atoms with E-state index in [4.69, 9.17) is 5.39 Å². The van der Waals surface area contributed by atoms with E-state index < -0.39 is 5.97 Å². The Morgan fingerprint density at radius 1 is 1.77 bits per heavy atom. The van der Waals surface area contributed by atoms with Gasteiger partial charge in [-0.05, 0) is 0 Å². The molecule has 68 valence electrons. The first-order valence-electron chi connectivity index (χ1n) is 3.66. The van der Waals surface area contributed by atoms with Crippen molar-refractivity contribution in [2.75, 3.05) is 6.54 Å². The molecule has 5 nitrogen and oxygen atoms in total. The van der Waals surface area contributed by atoms with Gasteiger partial charge in [0.05, 0.1) is 12.1 Å². The largest absolute Gasteiger partial charge is 0.550 e. The summed E-state index contributed by atoms with van der Waals surface area (Å²) in [4.78, 5) is 17.1. The van der Waals surface area contributed by atoms with Crippen molar-refractivity contribution in [3.8, 4) is 0 Å². The van der Waals surface area contributed by atoms with E-state index in [9.17, 15) is 9.90 Å². The molecule has 0 aliphatic rings. The number of carbonyl (C=O) groups excluding carboxylic acids is 1. The first-order valence-corrected chi connectivity index (χ1v) is 4.54. The monoisotopic (exact) mass is 197 g/mol. The van der Waals surface area contributed by atoms with Crippen molar-refractivity contribution in [3.63, 3.8) is 0 Å². The molecule has 0 fully saturated rings. The number of carboxylic acid groups (broad SMARTS) is 1. The quantitative estimate of drug-likeness (QED) is 0.627. The van der Waals surface area contributed by atoms with Gasteiger partial charge in [0.2, 0.25) is 5.39 Å². The molecule has 0 bridgehead atoms. The second-order valence-corrected chi connectivity index (χ2v) is 3.34. The summed E-state index contributed by atoms with van der Waals surface area (Å²) >= 11 is 1.36. The van der Waals surface area contributed by atoms with E-state index in [1.165, 1.54) is 11.3 Å². The molecular formula is C7H7N3O2S. The Morgan fingerprint density at radius 2 is 2.54 bits per heavy atom. The highest BCUT2D eigenvalue weighted by molar-refractivity contribution is 7.09. The lowest BCUT2D eigenvalue weighted by atomic mass is 10.3. The minimum absolute atomic E-state index is 0.160. The Balaban J connectivity index is 2.54.